The number of hydrogen-bond donors (Lipinski definition) is 1. The summed E-state index contributed by atoms with van der Waals surface area (Å²) in [4.78, 5) is 13.4. The SMILES string of the molecule is CC(CCl)CS(=O)(=O)Nc1ncc([N+](=O)[O-])s1. The van der Waals surface area contributed by atoms with E-state index < -0.39 is 14.9 Å². The summed E-state index contributed by atoms with van der Waals surface area (Å²) < 4.78 is 25.3. The molecule has 0 amide bonds. The molecule has 0 saturated carbocycles. The summed E-state index contributed by atoms with van der Waals surface area (Å²) in [5, 5.41) is 10.2. The van der Waals surface area contributed by atoms with Crippen LogP contribution in [0.4, 0.5) is 10.1 Å². The molecule has 0 spiro atoms. The molecule has 1 heterocycles. The lowest BCUT2D eigenvalue weighted by Gasteiger charge is -2.08. The van der Waals surface area contributed by atoms with Crippen molar-refractivity contribution in [2.75, 3.05) is 16.4 Å². The lowest BCUT2D eigenvalue weighted by molar-refractivity contribution is -0.380. The summed E-state index contributed by atoms with van der Waals surface area (Å²) in [6, 6.07) is 0. The van der Waals surface area contributed by atoms with Gasteiger partial charge in [0.25, 0.3) is 0 Å². The van der Waals surface area contributed by atoms with Gasteiger partial charge >= 0.3 is 5.00 Å². The van der Waals surface area contributed by atoms with Gasteiger partial charge in [0.1, 0.15) is 6.20 Å². The van der Waals surface area contributed by atoms with E-state index in [-0.39, 0.29) is 27.7 Å². The normalized spacial score (nSPS) is 13.3. The second-order valence-electron chi connectivity index (χ2n) is 3.40. The van der Waals surface area contributed by atoms with Crippen LogP contribution in [0.15, 0.2) is 6.20 Å². The summed E-state index contributed by atoms with van der Waals surface area (Å²) in [5.74, 6) is -0.132. The van der Waals surface area contributed by atoms with Gasteiger partial charge in [-0.1, -0.05) is 6.92 Å². The number of sulfonamides is 1. The maximum Gasteiger partial charge on any atom is 0.345 e. The number of halogens is 1. The Balaban J connectivity index is 2.73. The van der Waals surface area contributed by atoms with Crippen LogP contribution >= 0.6 is 22.9 Å². The Hall–Kier alpha value is -0.930. The molecule has 0 radical (unpaired) electrons. The van der Waals surface area contributed by atoms with E-state index in [9.17, 15) is 18.5 Å². The molecular formula is C7H10ClN3O4S2. The third kappa shape index (κ3) is 4.44. The van der Waals surface area contributed by atoms with Gasteiger partial charge in [-0.25, -0.2) is 13.4 Å². The topological polar surface area (TPSA) is 102 Å². The van der Waals surface area contributed by atoms with Crippen molar-refractivity contribution in [2.45, 2.75) is 6.92 Å². The predicted molar refractivity (Wildman–Crippen MR) is 66.1 cm³/mol. The minimum Gasteiger partial charge on any atom is -0.258 e. The van der Waals surface area contributed by atoms with E-state index in [0.717, 1.165) is 6.20 Å². The highest BCUT2D eigenvalue weighted by atomic mass is 35.5. The molecular weight excluding hydrogens is 290 g/mol. The zero-order valence-corrected chi connectivity index (χ0v) is 11.2. The van der Waals surface area contributed by atoms with Gasteiger partial charge in [0, 0.05) is 5.88 Å². The molecule has 0 fully saturated rings. The molecule has 1 aromatic heterocycles. The molecule has 0 aliphatic rings. The number of aromatic nitrogens is 1. The van der Waals surface area contributed by atoms with Crippen LogP contribution in [0.3, 0.4) is 0 Å². The van der Waals surface area contributed by atoms with Gasteiger partial charge in [-0.2, -0.15) is 0 Å². The first-order chi connectivity index (χ1) is 7.84. The van der Waals surface area contributed by atoms with Gasteiger partial charge in [-0.05, 0) is 17.3 Å². The molecule has 0 bridgehead atoms. The fourth-order valence-corrected chi connectivity index (χ4v) is 3.53. The zero-order valence-electron chi connectivity index (χ0n) is 8.79. The van der Waals surface area contributed by atoms with Gasteiger partial charge in [-0.3, -0.25) is 14.8 Å². The van der Waals surface area contributed by atoms with Gasteiger partial charge in [0.2, 0.25) is 15.2 Å². The van der Waals surface area contributed by atoms with Crippen molar-refractivity contribution in [1.82, 2.24) is 4.98 Å². The Labute approximate surface area is 107 Å². The van der Waals surface area contributed by atoms with Crippen molar-refractivity contribution in [1.29, 1.82) is 0 Å². The molecule has 1 N–H and O–H groups in total. The highest BCUT2D eigenvalue weighted by Crippen LogP contribution is 2.25. The van der Waals surface area contributed by atoms with Crippen LogP contribution < -0.4 is 4.72 Å². The fraction of sp³-hybridized carbons (Fsp3) is 0.571. The van der Waals surface area contributed by atoms with Crippen molar-refractivity contribution in [2.24, 2.45) is 5.92 Å². The minimum atomic E-state index is -3.57. The number of alkyl halides is 1. The number of hydrogen-bond acceptors (Lipinski definition) is 6. The molecule has 0 aliphatic carbocycles. The van der Waals surface area contributed by atoms with Crippen molar-refractivity contribution in [3.05, 3.63) is 16.3 Å². The molecule has 1 unspecified atom stereocenters. The van der Waals surface area contributed by atoms with Crippen molar-refractivity contribution >= 4 is 43.1 Å². The summed E-state index contributed by atoms with van der Waals surface area (Å²) in [7, 11) is -3.57. The van der Waals surface area contributed by atoms with Gasteiger partial charge in [-0.15, -0.1) is 11.6 Å². The van der Waals surface area contributed by atoms with Crippen LogP contribution in [-0.4, -0.2) is 30.0 Å². The van der Waals surface area contributed by atoms with Crippen LogP contribution in [0.5, 0.6) is 0 Å². The second kappa shape index (κ2) is 5.61. The molecule has 1 rings (SSSR count). The number of thiazole rings is 1. The van der Waals surface area contributed by atoms with E-state index in [0.29, 0.717) is 11.3 Å². The Bertz CT molecular complexity index is 501. The summed E-state index contributed by atoms with van der Waals surface area (Å²) in [6.45, 7) is 1.69. The van der Waals surface area contributed by atoms with Gasteiger partial charge in [0.15, 0.2) is 0 Å². The standard InChI is InChI=1S/C7H10ClN3O4S2/c1-5(2-8)4-17(14,15)10-7-9-3-6(16-7)11(12)13/h3,5H,2,4H2,1H3,(H,9,10). The average molecular weight is 300 g/mol. The third-order valence-electron chi connectivity index (χ3n) is 1.68. The van der Waals surface area contributed by atoms with E-state index in [4.69, 9.17) is 11.6 Å². The summed E-state index contributed by atoms with van der Waals surface area (Å²) >= 11 is 6.18. The lowest BCUT2D eigenvalue weighted by atomic mass is 10.3. The quantitative estimate of drug-likeness (QED) is 0.489. The van der Waals surface area contributed by atoms with Crippen LogP contribution in [0.25, 0.3) is 0 Å². The number of nitrogens with one attached hydrogen (secondary N) is 1. The molecule has 17 heavy (non-hydrogen) atoms. The van der Waals surface area contributed by atoms with Crippen molar-refractivity contribution in [3.8, 4) is 0 Å². The monoisotopic (exact) mass is 299 g/mol. The lowest BCUT2D eigenvalue weighted by Crippen LogP contribution is -2.21. The predicted octanol–water partition coefficient (Wildman–Crippen LogP) is 1.67. The smallest absolute Gasteiger partial charge is 0.258 e. The highest BCUT2D eigenvalue weighted by molar-refractivity contribution is 7.92. The molecule has 1 atom stereocenters. The maximum atomic E-state index is 11.6. The third-order valence-corrected chi connectivity index (χ3v) is 4.72. The van der Waals surface area contributed by atoms with Crippen LogP contribution in [-0.2, 0) is 10.0 Å². The Morgan fingerprint density at radius 1 is 1.71 bits per heavy atom. The molecule has 10 heteroatoms. The van der Waals surface area contributed by atoms with Crippen LogP contribution in [0.1, 0.15) is 6.92 Å². The van der Waals surface area contributed by atoms with E-state index in [1.54, 1.807) is 6.92 Å². The zero-order chi connectivity index (χ0) is 13.1. The Morgan fingerprint density at radius 3 is 2.82 bits per heavy atom. The van der Waals surface area contributed by atoms with Crippen LogP contribution in [0.2, 0.25) is 0 Å². The summed E-state index contributed by atoms with van der Waals surface area (Å²) in [5.41, 5.74) is 0. The summed E-state index contributed by atoms with van der Waals surface area (Å²) in [6.07, 6.45) is 1.01. The van der Waals surface area contributed by atoms with Crippen molar-refractivity contribution < 1.29 is 13.3 Å². The number of nitro groups is 1. The molecule has 0 saturated heterocycles. The maximum absolute atomic E-state index is 11.6. The van der Waals surface area contributed by atoms with E-state index in [2.05, 4.69) is 9.71 Å². The molecule has 1 aromatic rings. The van der Waals surface area contributed by atoms with Crippen LogP contribution in [0, 0.1) is 16.0 Å². The number of nitrogens with zero attached hydrogens (tertiary/aromatic N) is 2. The van der Waals surface area contributed by atoms with E-state index >= 15 is 0 Å². The van der Waals surface area contributed by atoms with E-state index in [1.165, 1.54) is 0 Å². The Kier molecular flexibility index (Phi) is 4.66. The molecule has 0 aliphatic heterocycles. The molecule has 0 aromatic carbocycles. The second-order valence-corrected chi connectivity index (χ2v) is 6.49. The van der Waals surface area contributed by atoms with Crippen molar-refractivity contribution in [3.63, 3.8) is 0 Å². The Morgan fingerprint density at radius 2 is 2.35 bits per heavy atom. The first kappa shape index (κ1) is 14.1. The minimum absolute atomic E-state index is 0.0153. The number of anilines is 1. The first-order valence-corrected chi connectivity index (χ1v) is 7.51. The first-order valence-electron chi connectivity index (χ1n) is 4.50. The highest BCUT2D eigenvalue weighted by Gasteiger charge is 2.19. The number of rotatable bonds is 6. The fourth-order valence-electron chi connectivity index (χ4n) is 0.991. The van der Waals surface area contributed by atoms with Gasteiger partial charge < -0.3 is 0 Å². The molecule has 7 nitrogen and oxygen atoms in total. The largest absolute Gasteiger partial charge is 0.345 e. The van der Waals surface area contributed by atoms with E-state index in [1.807, 2.05) is 0 Å². The van der Waals surface area contributed by atoms with Gasteiger partial charge in [0.05, 0.1) is 10.7 Å². The molecule has 96 valence electrons. The average Bonchev–Trinajstić information content (AvgIpc) is 2.64.